The molecule has 3 amide bonds. The number of hydrogen-bond donors (Lipinski definition) is 5. The van der Waals surface area contributed by atoms with Crippen molar-refractivity contribution in [3.63, 3.8) is 0 Å². The number of nitrogens with one attached hydrogen (secondary N) is 1. The van der Waals surface area contributed by atoms with Crippen molar-refractivity contribution in [1.82, 2.24) is 10.2 Å². The topological polar surface area (TPSA) is 159 Å². The number of urea groups is 1. The fraction of sp³-hybridized carbons (Fsp3) is 0.700. The van der Waals surface area contributed by atoms with Crippen LogP contribution >= 0.6 is 0 Å². The summed E-state index contributed by atoms with van der Waals surface area (Å²) in [7, 11) is 0. The minimum Gasteiger partial charge on any atom is -0.480 e. The molecule has 0 spiro atoms. The fourth-order valence-corrected chi connectivity index (χ4v) is 1.72. The number of nitrogens with zero attached hydrogens (tertiary/aromatic N) is 1. The van der Waals surface area contributed by atoms with Crippen LogP contribution in [0.3, 0.4) is 0 Å². The Balaban J connectivity index is 2.66. The van der Waals surface area contributed by atoms with Crippen LogP contribution in [0.25, 0.3) is 0 Å². The number of carboxylic acids is 1. The average Bonchev–Trinajstić information content (AvgIpc) is 2.90. The van der Waals surface area contributed by atoms with Gasteiger partial charge in [0.15, 0.2) is 5.54 Å². The first-order valence-electron chi connectivity index (χ1n) is 5.81. The maximum absolute atomic E-state index is 11.7. The van der Waals surface area contributed by atoms with E-state index in [4.69, 9.17) is 21.7 Å². The molecule has 0 bridgehead atoms. The second-order valence-corrected chi connectivity index (χ2v) is 4.47. The molecule has 0 saturated carbocycles. The van der Waals surface area contributed by atoms with E-state index in [0.29, 0.717) is 13.1 Å². The van der Waals surface area contributed by atoms with E-state index in [-0.39, 0.29) is 0 Å². The first-order chi connectivity index (χ1) is 8.82. The lowest BCUT2D eigenvalue weighted by Gasteiger charge is -2.28. The molecule has 1 saturated heterocycles. The second-order valence-electron chi connectivity index (χ2n) is 4.47. The van der Waals surface area contributed by atoms with E-state index in [1.165, 1.54) is 4.90 Å². The summed E-state index contributed by atoms with van der Waals surface area (Å²) < 4.78 is 0. The van der Waals surface area contributed by atoms with Gasteiger partial charge in [-0.25, -0.2) is 4.79 Å². The largest absolute Gasteiger partial charge is 0.480 e. The second kappa shape index (κ2) is 5.95. The van der Waals surface area contributed by atoms with Gasteiger partial charge in [-0.3, -0.25) is 14.9 Å². The molecule has 0 aliphatic carbocycles. The van der Waals surface area contributed by atoms with Crippen LogP contribution in [0.5, 0.6) is 0 Å². The highest BCUT2D eigenvalue weighted by Gasteiger charge is 2.44. The molecular weight excluding hydrogens is 256 g/mol. The van der Waals surface area contributed by atoms with Gasteiger partial charge < -0.3 is 26.6 Å². The van der Waals surface area contributed by atoms with Gasteiger partial charge in [-0.1, -0.05) is 0 Å². The van der Waals surface area contributed by atoms with Crippen LogP contribution in [0.4, 0.5) is 4.79 Å². The molecule has 108 valence electrons. The number of aliphatic hydroxyl groups excluding tert-OH is 1. The summed E-state index contributed by atoms with van der Waals surface area (Å²) in [4.78, 5) is 35.6. The van der Waals surface area contributed by atoms with E-state index in [9.17, 15) is 14.4 Å². The van der Waals surface area contributed by atoms with Gasteiger partial charge >= 0.3 is 12.0 Å². The van der Waals surface area contributed by atoms with E-state index in [0.717, 1.165) is 12.8 Å². The Hall–Kier alpha value is -1.71. The number of carboxylic acid groups (broad SMARTS) is 1. The third kappa shape index (κ3) is 3.19. The molecule has 2 atom stereocenters. The van der Waals surface area contributed by atoms with Crippen molar-refractivity contribution >= 4 is 17.9 Å². The number of amides is 3. The molecule has 0 aromatic heterocycles. The summed E-state index contributed by atoms with van der Waals surface area (Å²) in [5, 5.41) is 19.8. The van der Waals surface area contributed by atoms with Crippen molar-refractivity contribution in [2.75, 3.05) is 19.7 Å². The molecule has 1 unspecified atom stereocenters. The number of hydrogen-bond acceptors (Lipinski definition) is 6. The van der Waals surface area contributed by atoms with Crippen molar-refractivity contribution in [2.45, 2.75) is 24.4 Å². The Morgan fingerprint density at radius 1 is 1.32 bits per heavy atom. The van der Waals surface area contributed by atoms with Crippen molar-refractivity contribution in [1.29, 1.82) is 0 Å². The summed E-state index contributed by atoms with van der Waals surface area (Å²) >= 11 is 0. The third-order valence-electron chi connectivity index (χ3n) is 3.12. The lowest BCUT2D eigenvalue weighted by atomic mass is 9.92. The monoisotopic (exact) mass is 274 g/mol. The Morgan fingerprint density at radius 2 is 1.84 bits per heavy atom. The van der Waals surface area contributed by atoms with E-state index in [1.54, 1.807) is 0 Å². The number of carbonyl (C=O) groups is 3. The average molecular weight is 274 g/mol. The van der Waals surface area contributed by atoms with Gasteiger partial charge in [0.25, 0.3) is 0 Å². The molecule has 1 rings (SSSR count). The van der Waals surface area contributed by atoms with Crippen molar-refractivity contribution in [3.05, 3.63) is 0 Å². The van der Waals surface area contributed by atoms with Gasteiger partial charge in [0.2, 0.25) is 5.91 Å². The molecule has 0 radical (unpaired) electrons. The molecule has 7 N–H and O–H groups in total. The lowest BCUT2D eigenvalue weighted by Crippen LogP contribution is -2.68. The van der Waals surface area contributed by atoms with Gasteiger partial charge in [0.1, 0.15) is 6.04 Å². The van der Waals surface area contributed by atoms with Crippen molar-refractivity contribution in [2.24, 2.45) is 11.5 Å². The summed E-state index contributed by atoms with van der Waals surface area (Å²) in [6, 6.07) is -2.37. The van der Waals surface area contributed by atoms with Gasteiger partial charge in [-0.2, -0.15) is 0 Å². The smallest absolute Gasteiger partial charge is 0.328 e. The standard InChI is InChI=1S/C10H18N4O5/c11-6(10(12,5-15)8(17)18)7(16)13-9(19)14-3-1-2-4-14/h6,15H,1-5,11-12H2,(H,17,18)(H,13,16,19)/t6?,10-/m0/s1. The normalized spacial score (nSPS) is 19.6. The maximum atomic E-state index is 11.7. The Bertz CT molecular complexity index is 382. The number of likely N-dealkylation sites (tertiary alicyclic amines) is 1. The highest BCUT2D eigenvalue weighted by Crippen LogP contribution is 2.09. The summed E-state index contributed by atoms with van der Waals surface area (Å²) in [6.07, 6.45) is 1.69. The van der Waals surface area contributed by atoms with Crippen molar-refractivity contribution in [3.8, 4) is 0 Å². The molecule has 19 heavy (non-hydrogen) atoms. The van der Waals surface area contributed by atoms with E-state index in [1.807, 2.05) is 5.32 Å². The summed E-state index contributed by atoms with van der Waals surface area (Å²) in [5.74, 6) is -2.65. The Morgan fingerprint density at radius 3 is 2.26 bits per heavy atom. The predicted molar refractivity (Wildman–Crippen MR) is 64.0 cm³/mol. The number of aliphatic hydroxyl groups is 1. The molecule has 1 aliphatic rings. The fourth-order valence-electron chi connectivity index (χ4n) is 1.72. The van der Waals surface area contributed by atoms with Crippen LogP contribution in [-0.2, 0) is 9.59 Å². The summed E-state index contributed by atoms with van der Waals surface area (Å²) in [6.45, 7) is 0.0386. The van der Waals surface area contributed by atoms with E-state index >= 15 is 0 Å². The zero-order valence-corrected chi connectivity index (χ0v) is 10.3. The number of rotatable bonds is 4. The predicted octanol–water partition coefficient (Wildman–Crippen LogP) is -2.58. The molecule has 1 fully saturated rings. The zero-order valence-electron chi connectivity index (χ0n) is 10.3. The van der Waals surface area contributed by atoms with Gasteiger partial charge in [0.05, 0.1) is 6.61 Å². The van der Waals surface area contributed by atoms with E-state index in [2.05, 4.69) is 0 Å². The molecular formula is C10H18N4O5. The number of aliphatic carboxylic acids is 1. The summed E-state index contributed by atoms with van der Waals surface area (Å²) in [5.41, 5.74) is 8.43. The molecule has 0 aromatic rings. The SMILES string of the molecule is NC(C(=O)NC(=O)N1CCCC1)[C@@](N)(CO)C(=O)O. The number of imide groups is 1. The highest BCUT2D eigenvalue weighted by molar-refractivity contribution is 6.00. The van der Waals surface area contributed by atoms with Crippen LogP contribution in [0.2, 0.25) is 0 Å². The first kappa shape index (κ1) is 15.3. The molecule has 1 heterocycles. The highest BCUT2D eigenvalue weighted by atomic mass is 16.4. The molecule has 9 nitrogen and oxygen atoms in total. The minimum absolute atomic E-state index is 0.529. The van der Waals surface area contributed by atoms with Crippen LogP contribution in [-0.4, -0.2) is 64.3 Å². The number of nitrogens with two attached hydrogens (primary N) is 2. The molecule has 0 aromatic carbocycles. The third-order valence-corrected chi connectivity index (χ3v) is 3.12. The van der Waals surface area contributed by atoms with E-state index < -0.39 is 36.1 Å². The molecule has 9 heteroatoms. The first-order valence-corrected chi connectivity index (χ1v) is 5.81. The molecule has 1 aliphatic heterocycles. The maximum Gasteiger partial charge on any atom is 0.328 e. The quantitative estimate of drug-likeness (QED) is 0.376. The zero-order chi connectivity index (χ0) is 14.6. The van der Waals surface area contributed by atoms with Crippen molar-refractivity contribution < 1.29 is 24.6 Å². The van der Waals surface area contributed by atoms with Gasteiger partial charge in [0, 0.05) is 13.1 Å². The van der Waals surface area contributed by atoms with Gasteiger partial charge in [-0.15, -0.1) is 0 Å². The van der Waals surface area contributed by atoms with Crippen LogP contribution in [0, 0.1) is 0 Å². The number of carbonyl (C=O) groups excluding carboxylic acids is 2. The Kier molecular flexibility index (Phi) is 4.81. The van der Waals surface area contributed by atoms with Crippen LogP contribution in [0.1, 0.15) is 12.8 Å². The lowest BCUT2D eigenvalue weighted by molar-refractivity contribution is -0.148. The Labute approximate surface area is 109 Å². The van der Waals surface area contributed by atoms with Gasteiger partial charge in [-0.05, 0) is 12.8 Å². The minimum atomic E-state index is -2.32. The van der Waals surface area contributed by atoms with Crippen LogP contribution < -0.4 is 16.8 Å². The van der Waals surface area contributed by atoms with Crippen LogP contribution in [0.15, 0.2) is 0 Å².